The summed E-state index contributed by atoms with van der Waals surface area (Å²) in [4.78, 5) is 75.9. The van der Waals surface area contributed by atoms with Crippen molar-refractivity contribution < 1.29 is 54.3 Å². The highest BCUT2D eigenvalue weighted by Crippen LogP contribution is 2.36. The van der Waals surface area contributed by atoms with Gasteiger partial charge in [0.05, 0.1) is 30.4 Å². The van der Waals surface area contributed by atoms with E-state index in [0.717, 1.165) is 21.9 Å². The minimum absolute atomic E-state index is 0.0389. The highest BCUT2D eigenvalue weighted by atomic mass is 16.4. The Morgan fingerprint density at radius 2 is 1.67 bits per heavy atom. The van der Waals surface area contributed by atoms with Gasteiger partial charge in [0.2, 0.25) is 5.91 Å². The molecule has 0 bridgehead atoms. The van der Waals surface area contributed by atoms with Gasteiger partial charge in [0.15, 0.2) is 17.2 Å². The number of aromatic hydroxyl groups is 3. The molecule has 15 nitrogen and oxygen atoms in total. The van der Waals surface area contributed by atoms with E-state index in [4.69, 9.17) is 5.11 Å². The van der Waals surface area contributed by atoms with Crippen LogP contribution in [0.15, 0.2) is 36.4 Å². The average Bonchev–Trinajstić information content (AvgIpc) is 3.01. The van der Waals surface area contributed by atoms with E-state index in [0.29, 0.717) is 0 Å². The molecule has 0 aromatic heterocycles. The molecule has 1 aliphatic heterocycles. The molecule has 0 saturated carbocycles. The first-order valence-electron chi connectivity index (χ1n) is 11.3. The summed E-state index contributed by atoms with van der Waals surface area (Å²) >= 11 is 0. The number of para-hydroxylation sites is 2. The van der Waals surface area contributed by atoms with Crippen LogP contribution < -0.4 is 20.4 Å². The number of anilines is 2. The van der Waals surface area contributed by atoms with Gasteiger partial charge in [-0.3, -0.25) is 28.9 Å². The second-order valence-corrected chi connectivity index (χ2v) is 8.37. The lowest BCUT2D eigenvalue weighted by atomic mass is 10.1. The molecule has 2 aromatic rings. The number of hydrogen-bond donors (Lipinski definition) is 7. The van der Waals surface area contributed by atoms with E-state index in [1.165, 1.54) is 24.3 Å². The summed E-state index contributed by atoms with van der Waals surface area (Å²) in [5.41, 5.74) is -0.215. The van der Waals surface area contributed by atoms with Gasteiger partial charge in [-0.1, -0.05) is 12.1 Å². The SMILES string of the molecule is O=CC(CC(=O)O)NC(=O)CN1C(=O)C(NC(=O)c2cc(O)c(O)c(O)c2)CN(C(=O)CO)c2ccccc21. The van der Waals surface area contributed by atoms with Crippen molar-refractivity contribution in [3.63, 3.8) is 0 Å². The molecule has 0 spiro atoms. The second kappa shape index (κ2) is 11.9. The molecule has 7 N–H and O–H groups in total. The topological polar surface area (TPSA) is 234 Å². The van der Waals surface area contributed by atoms with Gasteiger partial charge in [-0.2, -0.15) is 0 Å². The summed E-state index contributed by atoms with van der Waals surface area (Å²) in [7, 11) is 0. The number of rotatable bonds is 9. The number of aldehydes is 1. The van der Waals surface area contributed by atoms with Crippen molar-refractivity contribution in [2.75, 3.05) is 29.5 Å². The van der Waals surface area contributed by atoms with E-state index in [2.05, 4.69) is 10.6 Å². The Hall–Kier alpha value is -5.18. The molecule has 15 heteroatoms. The fourth-order valence-corrected chi connectivity index (χ4v) is 3.87. The summed E-state index contributed by atoms with van der Waals surface area (Å²) in [6, 6.07) is 4.58. The first-order chi connectivity index (χ1) is 18.5. The predicted octanol–water partition coefficient (Wildman–Crippen LogP) is -1.57. The van der Waals surface area contributed by atoms with Gasteiger partial charge in [0, 0.05) is 5.56 Å². The fraction of sp³-hybridized carbons (Fsp3) is 0.250. The first kappa shape index (κ1) is 28.4. The van der Waals surface area contributed by atoms with Gasteiger partial charge in [0.25, 0.3) is 17.7 Å². The maximum absolute atomic E-state index is 13.6. The number of carboxylic acid groups (broad SMARTS) is 1. The zero-order valence-corrected chi connectivity index (χ0v) is 20.1. The maximum Gasteiger partial charge on any atom is 0.305 e. The standard InChI is InChI=1S/C24H24N4O11/c29-10-13(7-21(35)36)25-19(33)9-28-16-4-2-1-3-15(16)27(20(34)11-30)8-14(24(28)39)26-23(38)12-5-17(31)22(37)18(32)6-12/h1-6,10,13-14,30-32,37H,7-9,11H2,(H,25,33)(H,26,38)(H,35,36). The third kappa shape index (κ3) is 6.40. The first-order valence-corrected chi connectivity index (χ1v) is 11.3. The molecule has 2 unspecified atom stereocenters. The number of fused-ring (bicyclic) bond motifs is 1. The van der Waals surface area contributed by atoms with Crippen molar-refractivity contribution in [2.24, 2.45) is 0 Å². The zero-order chi connectivity index (χ0) is 28.9. The van der Waals surface area contributed by atoms with Crippen molar-refractivity contribution in [1.29, 1.82) is 0 Å². The molecule has 0 fully saturated rings. The molecule has 2 atom stereocenters. The van der Waals surface area contributed by atoms with Gasteiger partial charge in [-0.15, -0.1) is 0 Å². The molecule has 2 aromatic carbocycles. The Kier molecular flexibility index (Phi) is 8.67. The number of aliphatic hydroxyl groups is 1. The van der Waals surface area contributed by atoms with E-state index in [-0.39, 0.29) is 23.2 Å². The van der Waals surface area contributed by atoms with Crippen molar-refractivity contribution >= 4 is 47.3 Å². The van der Waals surface area contributed by atoms with E-state index < -0.39 is 85.0 Å². The molecule has 0 saturated heterocycles. The summed E-state index contributed by atoms with van der Waals surface area (Å²) in [5, 5.41) is 52.0. The van der Waals surface area contributed by atoms with Crippen molar-refractivity contribution in [2.45, 2.75) is 18.5 Å². The van der Waals surface area contributed by atoms with Crippen LogP contribution in [0.5, 0.6) is 17.2 Å². The number of aliphatic hydroxyl groups excluding tert-OH is 1. The van der Waals surface area contributed by atoms with Crippen LogP contribution in [-0.4, -0.2) is 93.2 Å². The molecule has 0 aliphatic carbocycles. The second-order valence-electron chi connectivity index (χ2n) is 8.37. The molecular weight excluding hydrogens is 520 g/mol. The molecule has 206 valence electrons. The number of carbonyl (C=O) groups excluding carboxylic acids is 5. The van der Waals surface area contributed by atoms with Crippen LogP contribution in [0.4, 0.5) is 11.4 Å². The number of amides is 4. The Morgan fingerprint density at radius 3 is 2.23 bits per heavy atom. The zero-order valence-electron chi connectivity index (χ0n) is 20.1. The van der Waals surface area contributed by atoms with Crippen LogP contribution >= 0.6 is 0 Å². The van der Waals surface area contributed by atoms with E-state index >= 15 is 0 Å². The lowest BCUT2D eigenvalue weighted by molar-refractivity contribution is -0.139. The Bertz CT molecular complexity index is 1310. The van der Waals surface area contributed by atoms with Crippen molar-refractivity contribution in [3.8, 4) is 17.2 Å². The summed E-state index contributed by atoms with van der Waals surface area (Å²) < 4.78 is 0. The van der Waals surface area contributed by atoms with Crippen molar-refractivity contribution in [3.05, 3.63) is 42.0 Å². The van der Waals surface area contributed by atoms with Crippen LogP contribution in [0.2, 0.25) is 0 Å². The van der Waals surface area contributed by atoms with Gasteiger partial charge >= 0.3 is 5.97 Å². The van der Waals surface area contributed by atoms with Gasteiger partial charge < -0.3 is 45.9 Å². The minimum atomic E-state index is -1.54. The molecule has 1 heterocycles. The Balaban J connectivity index is 1.98. The van der Waals surface area contributed by atoms with Gasteiger partial charge in [-0.05, 0) is 24.3 Å². The smallest absolute Gasteiger partial charge is 0.305 e. The number of phenolic OH excluding ortho intramolecular Hbond substituents is 3. The van der Waals surface area contributed by atoms with Gasteiger partial charge in [-0.25, -0.2) is 0 Å². The maximum atomic E-state index is 13.6. The number of carbonyl (C=O) groups is 6. The molecule has 4 amide bonds. The quantitative estimate of drug-likeness (QED) is 0.141. The molecule has 3 rings (SSSR count). The van der Waals surface area contributed by atoms with Crippen LogP contribution in [0.1, 0.15) is 16.8 Å². The number of aliphatic carboxylic acids is 1. The predicted molar refractivity (Wildman–Crippen MR) is 131 cm³/mol. The molecule has 0 radical (unpaired) electrons. The largest absolute Gasteiger partial charge is 0.504 e. The monoisotopic (exact) mass is 544 g/mol. The lowest BCUT2D eigenvalue weighted by Crippen LogP contribution is -2.55. The summed E-state index contributed by atoms with van der Waals surface area (Å²) in [5.74, 6) is -7.53. The average molecular weight is 544 g/mol. The third-order valence-electron chi connectivity index (χ3n) is 5.67. The number of nitrogens with one attached hydrogen (secondary N) is 2. The minimum Gasteiger partial charge on any atom is -0.504 e. The molecule has 1 aliphatic rings. The van der Waals surface area contributed by atoms with E-state index in [9.17, 15) is 49.2 Å². The van der Waals surface area contributed by atoms with Crippen LogP contribution in [0.25, 0.3) is 0 Å². The van der Waals surface area contributed by atoms with E-state index in [1.807, 2.05) is 0 Å². The Labute approximate surface area is 219 Å². The summed E-state index contributed by atoms with van der Waals surface area (Å²) in [6.07, 6.45) is -0.485. The van der Waals surface area contributed by atoms with Crippen LogP contribution in [0.3, 0.4) is 0 Å². The van der Waals surface area contributed by atoms with E-state index in [1.54, 1.807) is 0 Å². The molecular formula is C24H24N4O11. The molecule has 39 heavy (non-hydrogen) atoms. The number of phenols is 3. The normalized spacial score (nSPS) is 15.5. The fourth-order valence-electron chi connectivity index (χ4n) is 3.87. The number of nitrogens with zero attached hydrogens (tertiary/aromatic N) is 2. The summed E-state index contributed by atoms with van der Waals surface area (Å²) in [6.45, 7) is -2.20. The third-order valence-corrected chi connectivity index (χ3v) is 5.67. The highest BCUT2D eigenvalue weighted by Gasteiger charge is 2.38. The number of benzene rings is 2. The number of hydrogen-bond acceptors (Lipinski definition) is 10. The van der Waals surface area contributed by atoms with Crippen molar-refractivity contribution in [1.82, 2.24) is 10.6 Å². The Morgan fingerprint density at radius 1 is 1.05 bits per heavy atom. The van der Waals surface area contributed by atoms with Gasteiger partial charge in [0.1, 0.15) is 25.5 Å². The number of carboxylic acids is 1. The van der Waals surface area contributed by atoms with Crippen LogP contribution in [-0.2, 0) is 24.0 Å². The lowest BCUT2D eigenvalue weighted by Gasteiger charge is -2.25. The van der Waals surface area contributed by atoms with Crippen LogP contribution in [0, 0.1) is 0 Å². The highest BCUT2D eigenvalue weighted by molar-refractivity contribution is 6.11.